The van der Waals surface area contributed by atoms with Crippen molar-refractivity contribution < 1.29 is 0 Å². The summed E-state index contributed by atoms with van der Waals surface area (Å²) in [5.74, 6) is 1.16. The molecule has 0 heterocycles. The van der Waals surface area contributed by atoms with Crippen molar-refractivity contribution in [2.45, 2.75) is 20.4 Å². The van der Waals surface area contributed by atoms with E-state index in [4.69, 9.17) is 5.26 Å². The van der Waals surface area contributed by atoms with Crippen molar-refractivity contribution in [1.29, 1.82) is 5.26 Å². The molecule has 0 aromatic heterocycles. The van der Waals surface area contributed by atoms with Gasteiger partial charge in [-0.05, 0) is 36.9 Å². The maximum absolute atomic E-state index is 9.01. The summed E-state index contributed by atoms with van der Waals surface area (Å²) in [4.78, 5) is 2.41. The lowest BCUT2D eigenvalue weighted by Gasteiger charge is -2.20. The van der Waals surface area contributed by atoms with Crippen LogP contribution in [0.4, 0.5) is 0 Å². The van der Waals surface area contributed by atoms with Crippen molar-refractivity contribution in [1.82, 2.24) is 4.90 Å². The number of hydrogen-bond acceptors (Lipinski definition) is 3. The Labute approximate surface area is 109 Å². The second-order valence-corrected chi connectivity index (χ2v) is 5.11. The van der Waals surface area contributed by atoms with Gasteiger partial charge in [0.05, 0.1) is 11.6 Å². The number of hydrogen-bond donors (Lipinski definition) is 0. The van der Waals surface area contributed by atoms with E-state index in [1.165, 1.54) is 5.56 Å². The fourth-order valence-electron chi connectivity index (χ4n) is 1.72. The Balaban J connectivity index is 2.70. The lowest BCUT2D eigenvalue weighted by atomic mass is 10.1. The largest absolute Gasteiger partial charge is 0.299 e. The van der Waals surface area contributed by atoms with Gasteiger partial charge in [-0.2, -0.15) is 17.0 Å². The van der Waals surface area contributed by atoms with Crippen LogP contribution < -0.4 is 0 Å². The molecule has 0 saturated heterocycles. The van der Waals surface area contributed by atoms with Crippen LogP contribution in [0.5, 0.6) is 0 Å². The van der Waals surface area contributed by atoms with Gasteiger partial charge in [-0.25, -0.2) is 0 Å². The zero-order valence-electron chi connectivity index (χ0n) is 10.9. The molecule has 92 valence electrons. The normalized spacial score (nSPS) is 10.5. The number of rotatable bonds is 6. The van der Waals surface area contributed by atoms with Gasteiger partial charge < -0.3 is 0 Å². The van der Waals surface area contributed by atoms with Crippen LogP contribution in [0.1, 0.15) is 23.6 Å². The van der Waals surface area contributed by atoms with Crippen molar-refractivity contribution >= 4 is 11.8 Å². The molecule has 0 aliphatic rings. The Hall–Kier alpha value is -0.980. The highest BCUT2D eigenvalue weighted by atomic mass is 32.2. The van der Waals surface area contributed by atoms with E-state index in [-0.39, 0.29) is 0 Å². The van der Waals surface area contributed by atoms with Crippen molar-refractivity contribution in [2.24, 2.45) is 0 Å². The predicted octanol–water partition coefficient (Wildman–Crippen LogP) is 3.05. The Morgan fingerprint density at radius 1 is 1.41 bits per heavy atom. The van der Waals surface area contributed by atoms with E-state index in [2.05, 4.69) is 30.2 Å². The van der Waals surface area contributed by atoms with Gasteiger partial charge >= 0.3 is 0 Å². The van der Waals surface area contributed by atoms with Crippen LogP contribution >= 0.6 is 11.8 Å². The summed E-state index contributed by atoms with van der Waals surface area (Å²) in [7, 11) is 0. The molecule has 0 unspecified atom stereocenters. The molecule has 0 aliphatic carbocycles. The average molecular weight is 248 g/mol. The Morgan fingerprint density at radius 2 is 2.18 bits per heavy atom. The van der Waals surface area contributed by atoms with Gasteiger partial charge in [-0.15, -0.1) is 0 Å². The Morgan fingerprint density at radius 3 is 2.76 bits per heavy atom. The number of nitriles is 1. The summed E-state index contributed by atoms with van der Waals surface area (Å²) >= 11 is 1.87. The molecule has 0 atom stereocenters. The smallest absolute Gasteiger partial charge is 0.0994 e. The average Bonchev–Trinajstić information content (AvgIpc) is 2.36. The summed E-state index contributed by atoms with van der Waals surface area (Å²) < 4.78 is 0. The lowest BCUT2D eigenvalue weighted by Crippen LogP contribution is -2.25. The number of thioether (sulfide) groups is 1. The van der Waals surface area contributed by atoms with Crippen LogP contribution in [-0.4, -0.2) is 30.0 Å². The van der Waals surface area contributed by atoms with Gasteiger partial charge in [0.25, 0.3) is 0 Å². The summed E-state index contributed by atoms with van der Waals surface area (Å²) in [6.07, 6.45) is 2.13. The van der Waals surface area contributed by atoms with E-state index in [0.29, 0.717) is 0 Å². The topological polar surface area (TPSA) is 27.0 Å². The maximum atomic E-state index is 9.01. The van der Waals surface area contributed by atoms with Crippen LogP contribution in [0.2, 0.25) is 0 Å². The van der Waals surface area contributed by atoms with Crippen LogP contribution in [-0.2, 0) is 6.54 Å². The molecule has 1 aromatic rings. The zero-order chi connectivity index (χ0) is 12.7. The first-order valence-electron chi connectivity index (χ1n) is 5.92. The molecular weight excluding hydrogens is 228 g/mol. The van der Waals surface area contributed by atoms with Gasteiger partial charge in [0.1, 0.15) is 0 Å². The molecule has 0 bridgehead atoms. The zero-order valence-corrected chi connectivity index (χ0v) is 11.7. The molecule has 3 heteroatoms. The second-order valence-electron chi connectivity index (χ2n) is 4.12. The quantitative estimate of drug-likeness (QED) is 0.774. The first-order valence-corrected chi connectivity index (χ1v) is 7.31. The highest BCUT2D eigenvalue weighted by Crippen LogP contribution is 2.12. The fourth-order valence-corrected chi connectivity index (χ4v) is 2.16. The molecule has 17 heavy (non-hydrogen) atoms. The number of nitrogens with zero attached hydrogens (tertiary/aromatic N) is 2. The second kappa shape index (κ2) is 7.37. The molecule has 0 radical (unpaired) electrons. The van der Waals surface area contributed by atoms with Crippen molar-refractivity contribution in [2.75, 3.05) is 25.1 Å². The Bertz CT molecular complexity index is 396. The van der Waals surface area contributed by atoms with Crippen molar-refractivity contribution in [3.63, 3.8) is 0 Å². The third-order valence-corrected chi connectivity index (χ3v) is 3.48. The Kier molecular flexibility index (Phi) is 6.10. The maximum Gasteiger partial charge on any atom is 0.0994 e. The third-order valence-electron chi connectivity index (χ3n) is 2.89. The van der Waals surface area contributed by atoms with E-state index in [1.807, 2.05) is 30.8 Å². The van der Waals surface area contributed by atoms with Crippen molar-refractivity contribution in [3.05, 3.63) is 34.9 Å². The lowest BCUT2D eigenvalue weighted by molar-refractivity contribution is 0.298. The van der Waals surface area contributed by atoms with Gasteiger partial charge in [0.2, 0.25) is 0 Å². The molecule has 0 amide bonds. The number of benzene rings is 1. The molecule has 1 aromatic carbocycles. The van der Waals surface area contributed by atoms with Gasteiger partial charge in [-0.3, -0.25) is 4.90 Å². The molecule has 0 saturated carbocycles. The highest BCUT2D eigenvalue weighted by Gasteiger charge is 2.05. The summed E-state index contributed by atoms with van der Waals surface area (Å²) in [6, 6.07) is 8.42. The van der Waals surface area contributed by atoms with E-state index in [1.54, 1.807) is 0 Å². The minimum atomic E-state index is 0.795. The monoisotopic (exact) mass is 248 g/mol. The van der Waals surface area contributed by atoms with Crippen molar-refractivity contribution in [3.8, 4) is 6.07 Å². The van der Waals surface area contributed by atoms with Crippen LogP contribution in [0, 0.1) is 18.3 Å². The fraction of sp³-hybridized carbons (Fsp3) is 0.500. The minimum Gasteiger partial charge on any atom is -0.299 e. The van der Waals surface area contributed by atoms with E-state index in [0.717, 1.165) is 36.5 Å². The standard InChI is InChI=1S/C14H20N2S/c1-4-16(7-8-17-3)11-13-6-5-12(2)14(9-13)10-15/h5-6,9H,4,7-8,11H2,1-3H3. The number of aryl methyl sites for hydroxylation is 1. The van der Waals surface area contributed by atoms with Crippen LogP contribution in [0.3, 0.4) is 0 Å². The molecule has 0 fully saturated rings. The molecule has 0 aliphatic heterocycles. The first kappa shape index (κ1) is 14.1. The molecular formula is C14H20N2S. The van der Waals surface area contributed by atoms with Gasteiger partial charge in [-0.1, -0.05) is 19.1 Å². The molecule has 0 N–H and O–H groups in total. The van der Waals surface area contributed by atoms with E-state index < -0.39 is 0 Å². The third kappa shape index (κ3) is 4.41. The van der Waals surface area contributed by atoms with E-state index >= 15 is 0 Å². The summed E-state index contributed by atoms with van der Waals surface area (Å²) in [5.41, 5.74) is 3.09. The van der Waals surface area contributed by atoms with E-state index in [9.17, 15) is 0 Å². The molecule has 2 nitrogen and oxygen atoms in total. The summed E-state index contributed by atoms with van der Waals surface area (Å²) in [6.45, 7) is 7.25. The molecule has 1 rings (SSSR count). The first-order chi connectivity index (χ1) is 8.21. The summed E-state index contributed by atoms with van der Waals surface area (Å²) in [5, 5.41) is 9.01. The van der Waals surface area contributed by atoms with Crippen LogP contribution in [0.15, 0.2) is 18.2 Å². The van der Waals surface area contributed by atoms with Gasteiger partial charge in [0.15, 0.2) is 0 Å². The highest BCUT2D eigenvalue weighted by molar-refractivity contribution is 7.98. The van der Waals surface area contributed by atoms with Crippen LogP contribution in [0.25, 0.3) is 0 Å². The SMILES string of the molecule is CCN(CCSC)Cc1ccc(C)c(C#N)c1. The minimum absolute atomic E-state index is 0.795. The molecule has 0 spiro atoms. The predicted molar refractivity (Wildman–Crippen MR) is 75.2 cm³/mol. The van der Waals surface area contributed by atoms with Gasteiger partial charge in [0, 0.05) is 18.8 Å².